The Morgan fingerprint density at radius 2 is 1.05 bits per heavy atom. The maximum atomic E-state index is 13.9. The fourth-order valence-electron chi connectivity index (χ4n) is 2.10. The van der Waals surface area contributed by atoms with E-state index in [4.69, 9.17) is 0 Å². The molecule has 0 amide bonds. The Labute approximate surface area is 124 Å². The molecule has 2 rings (SSSR count). The quantitative estimate of drug-likeness (QED) is 0.249. The van der Waals surface area contributed by atoms with Gasteiger partial charge in [0.25, 0.3) is 5.13 Å². The van der Waals surface area contributed by atoms with Crippen LogP contribution in [0, 0.1) is 23.3 Å². The lowest BCUT2D eigenvalue weighted by molar-refractivity contribution is -0.244. The van der Waals surface area contributed by atoms with Crippen LogP contribution in [0.15, 0.2) is 0 Å². The van der Waals surface area contributed by atoms with E-state index in [0.717, 1.165) is 0 Å². The van der Waals surface area contributed by atoms with E-state index in [1.165, 1.54) is 0 Å². The van der Waals surface area contributed by atoms with Crippen LogP contribution in [0.2, 0.25) is 0 Å². The van der Waals surface area contributed by atoms with Crippen LogP contribution < -0.4 is 0 Å². The van der Waals surface area contributed by atoms with Gasteiger partial charge in [-0.15, -0.1) is 0 Å². The molecule has 0 radical (unpaired) electrons. The SMILES string of the molecule is Fc1c(F)c(F)c2c(c1F)C(F)(Cl)C(F)(F)C2(Cl)C(F)(F)F. The summed E-state index contributed by atoms with van der Waals surface area (Å²) < 4.78 is 133. The predicted octanol–water partition coefficient (Wildman–Crippen LogP) is 5.25. The van der Waals surface area contributed by atoms with E-state index < -0.39 is 56.5 Å². The highest BCUT2D eigenvalue weighted by Crippen LogP contribution is 2.70. The second-order valence-electron chi connectivity index (χ2n) is 4.31. The Bertz CT molecular complexity index is 665. The van der Waals surface area contributed by atoms with Crippen molar-refractivity contribution in [3.05, 3.63) is 34.4 Å². The zero-order valence-electron chi connectivity index (χ0n) is 9.54. The third-order valence-corrected chi connectivity index (χ3v) is 4.21. The summed E-state index contributed by atoms with van der Waals surface area (Å²) in [5.74, 6) is -17.3. The molecule has 0 saturated heterocycles. The number of hydrogen-bond acceptors (Lipinski definition) is 0. The van der Waals surface area contributed by atoms with Gasteiger partial charge < -0.3 is 0 Å². The Hall–Kier alpha value is -0.900. The van der Waals surface area contributed by atoms with Gasteiger partial charge in [-0.3, -0.25) is 0 Å². The average molecular weight is 381 g/mol. The molecule has 22 heavy (non-hydrogen) atoms. The predicted molar refractivity (Wildman–Crippen MR) is 53.4 cm³/mol. The summed E-state index contributed by atoms with van der Waals surface area (Å²) in [7, 11) is 0. The van der Waals surface area contributed by atoms with Crippen LogP contribution in [-0.2, 0) is 10.0 Å². The standard InChI is InChI=1S/C10Cl2F10/c11-7(10(20,21)22)1-2(8(12,17)9(7,18)19)4(14)6(16)5(15)3(1)13. The Balaban J connectivity index is 3.10. The summed E-state index contributed by atoms with van der Waals surface area (Å²) in [4.78, 5) is -5.23. The van der Waals surface area contributed by atoms with E-state index in [1.54, 1.807) is 0 Å². The molecular formula is C10Cl2F10. The molecule has 1 aromatic carbocycles. The van der Waals surface area contributed by atoms with Gasteiger partial charge in [0.05, 0.1) is 5.56 Å². The lowest BCUT2D eigenvalue weighted by Crippen LogP contribution is -2.53. The van der Waals surface area contributed by atoms with Crippen molar-refractivity contribution in [2.45, 2.75) is 22.1 Å². The van der Waals surface area contributed by atoms with Crippen LogP contribution in [0.5, 0.6) is 0 Å². The second-order valence-corrected chi connectivity index (χ2v) is 5.40. The highest BCUT2D eigenvalue weighted by atomic mass is 35.5. The molecule has 0 saturated carbocycles. The third kappa shape index (κ3) is 1.62. The van der Waals surface area contributed by atoms with Crippen LogP contribution in [0.4, 0.5) is 43.9 Å². The molecule has 0 fully saturated rings. The number of benzene rings is 1. The highest BCUT2D eigenvalue weighted by Gasteiger charge is 2.85. The van der Waals surface area contributed by atoms with Crippen molar-refractivity contribution < 1.29 is 43.9 Å². The van der Waals surface area contributed by atoms with E-state index in [0.29, 0.717) is 0 Å². The van der Waals surface area contributed by atoms with E-state index in [2.05, 4.69) is 23.2 Å². The van der Waals surface area contributed by atoms with Crippen LogP contribution >= 0.6 is 23.2 Å². The molecule has 1 aliphatic carbocycles. The van der Waals surface area contributed by atoms with Crippen molar-refractivity contribution in [1.29, 1.82) is 0 Å². The van der Waals surface area contributed by atoms with Crippen molar-refractivity contribution in [1.82, 2.24) is 0 Å². The van der Waals surface area contributed by atoms with Gasteiger partial charge in [-0.1, -0.05) is 23.2 Å². The molecule has 0 spiro atoms. The van der Waals surface area contributed by atoms with Gasteiger partial charge in [0.2, 0.25) is 4.87 Å². The topological polar surface area (TPSA) is 0 Å². The first-order valence-electron chi connectivity index (χ1n) is 5.02. The number of halogens is 12. The van der Waals surface area contributed by atoms with Gasteiger partial charge in [0.1, 0.15) is 0 Å². The van der Waals surface area contributed by atoms with Gasteiger partial charge in [-0.2, -0.15) is 22.0 Å². The van der Waals surface area contributed by atoms with Crippen molar-refractivity contribution in [3.8, 4) is 0 Å². The van der Waals surface area contributed by atoms with E-state index >= 15 is 0 Å². The molecule has 124 valence electrons. The van der Waals surface area contributed by atoms with Crippen molar-refractivity contribution in [2.24, 2.45) is 0 Å². The Morgan fingerprint density at radius 1 is 0.682 bits per heavy atom. The molecule has 0 aromatic heterocycles. The zero-order chi connectivity index (χ0) is 17.5. The van der Waals surface area contributed by atoms with Crippen LogP contribution in [-0.4, -0.2) is 12.1 Å². The summed E-state index contributed by atoms with van der Waals surface area (Å²) >= 11 is 9.24. The molecule has 0 bridgehead atoms. The molecule has 1 aromatic rings. The minimum atomic E-state index is -6.28. The molecule has 0 nitrogen and oxygen atoms in total. The lowest BCUT2D eigenvalue weighted by atomic mass is 9.96. The van der Waals surface area contributed by atoms with Crippen molar-refractivity contribution in [3.63, 3.8) is 0 Å². The van der Waals surface area contributed by atoms with E-state index in [1.807, 2.05) is 0 Å². The van der Waals surface area contributed by atoms with Gasteiger partial charge >= 0.3 is 12.1 Å². The van der Waals surface area contributed by atoms with Crippen molar-refractivity contribution >= 4 is 23.2 Å². The van der Waals surface area contributed by atoms with Crippen LogP contribution in [0.1, 0.15) is 11.1 Å². The minimum Gasteiger partial charge on any atom is -0.214 e. The zero-order valence-corrected chi connectivity index (χ0v) is 11.0. The molecule has 0 aliphatic heterocycles. The first kappa shape index (κ1) is 17.5. The average Bonchev–Trinajstić information content (AvgIpc) is 2.49. The van der Waals surface area contributed by atoms with Crippen LogP contribution in [0.25, 0.3) is 0 Å². The molecule has 2 unspecified atom stereocenters. The van der Waals surface area contributed by atoms with E-state index in [-0.39, 0.29) is 0 Å². The maximum absolute atomic E-state index is 13.9. The van der Waals surface area contributed by atoms with E-state index in [9.17, 15) is 43.9 Å². The summed E-state index contributed by atoms with van der Waals surface area (Å²) in [6.07, 6.45) is -6.28. The summed E-state index contributed by atoms with van der Waals surface area (Å²) in [6.45, 7) is 0. The molecule has 1 aliphatic rings. The van der Waals surface area contributed by atoms with Gasteiger partial charge in [0, 0.05) is 5.56 Å². The van der Waals surface area contributed by atoms with Crippen LogP contribution in [0.3, 0.4) is 0 Å². The van der Waals surface area contributed by atoms with Gasteiger partial charge in [-0.05, 0) is 0 Å². The molecule has 0 N–H and O–H groups in total. The molecule has 12 heteroatoms. The normalized spacial score (nSPS) is 30.5. The monoisotopic (exact) mass is 380 g/mol. The number of rotatable bonds is 0. The summed E-state index contributed by atoms with van der Waals surface area (Å²) in [5, 5.41) is -5.06. The molecule has 0 heterocycles. The first-order valence-corrected chi connectivity index (χ1v) is 5.77. The molecular weight excluding hydrogens is 381 g/mol. The lowest BCUT2D eigenvalue weighted by Gasteiger charge is -2.33. The first-order chi connectivity index (χ1) is 9.64. The van der Waals surface area contributed by atoms with Crippen molar-refractivity contribution in [2.75, 3.05) is 0 Å². The fourth-order valence-corrected chi connectivity index (χ4v) is 2.78. The molecule has 2 atom stereocenters. The summed E-state index contributed by atoms with van der Waals surface area (Å²) in [6, 6.07) is 0. The maximum Gasteiger partial charge on any atom is 0.417 e. The largest absolute Gasteiger partial charge is 0.417 e. The number of alkyl halides is 8. The Kier molecular flexibility index (Phi) is 3.44. The second kappa shape index (κ2) is 4.34. The smallest absolute Gasteiger partial charge is 0.214 e. The fraction of sp³-hybridized carbons (Fsp3) is 0.400. The minimum absolute atomic E-state index is 2.54. The number of hydrogen-bond donors (Lipinski definition) is 0. The summed E-state index contributed by atoms with van der Waals surface area (Å²) in [5.41, 5.74) is -5.18. The van der Waals surface area contributed by atoms with Gasteiger partial charge in [0.15, 0.2) is 23.3 Å². The number of fused-ring (bicyclic) bond motifs is 1. The Morgan fingerprint density at radius 3 is 1.41 bits per heavy atom. The highest BCUT2D eigenvalue weighted by molar-refractivity contribution is 6.30. The van der Waals surface area contributed by atoms with Gasteiger partial charge in [-0.25, -0.2) is 22.0 Å². The third-order valence-electron chi connectivity index (χ3n) is 3.14.